The van der Waals surface area contributed by atoms with Gasteiger partial charge in [-0.3, -0.25) is 9.59 Å². The molecule has 0 aliphatic carbocycles. The zero-order valence-corrected chi connectivity index (χ0v) is 14.5. The smallest absolute Gasteiger partial charge is 0.305 e. The van der Waals surface area contributed by atoms with Crippen molar-refractivity contribution in [3.05, 3.63) is 29.3 Å². The molecule has 6 heteroatoms. The minimum Gasteiger partial charge on any atom is -0.508 e. The topological polar surface area (TPSA) is 93.1 Å². The van der Waals surface area contributed by atoms with Crippen molar-refractivity contribution in [2.24, 2.45) is 0 Å². The fraction of sp³-hybridized carbons (Fsp3) is 0.556. The molecule has 0 saturated heterocycles. The molecule has 0 amide bonds. The molecule has 0 bridgehead atoms. The second-order valence-electron chi connectivity index (χ2n) is 5.87. The Bertz CT molecular complexity index is 545. The van der Waals surface area contributed by atoms with Crippen LogP contribution in [0.3, 0.4) is 0 Å². The van der Waals surface area contributed by atoms with E-state index in [1.165, 1.54) is 12.1 Å². The molecule has 0 heterocycles. The van der Waals surface area contributed by atoms with Crippen molar-refractivity contribution in [1.29, 1.82) is 0 Å². The van der Waals surface area contributed by atoms with Crippen molar-refractivity contribution in [2.75, 3.05) is 13.2 Å². The number of hydrogen-bond donors (Lipinski definition) is 2. The molecule has 0 unspecified atom stereocenters. The number of rotatable bonds is 9. The minimum absolute atomic E-state index is 0.143. The fourth-order valence-corrected chi connectivity index (χ4v) is 2.18. The van der Waals surface area contributed by atoms with E-state index in [-0.39, 0.29) is 24.2 Å². The Morgan fingerprint density at radius 3 is 1.96 bits per heavy atom. The van der Waals surface area contributed by atoms with Crippen molar-refractivity contribution in [2.45, 2.75) is 52.1 Å². The highest BCUT2D eigenvalue weighted by Crippen LogP contribution is 2.31. The van der Waals surface area contributed by atoms with E-state index in [1.54, 1.807) is 13.0 Å². The molecule has 0 aliphatic heterocycles. The lowest BCUT2D eigenvalue weighted by Gasteiger charge is -2.28. The Balaban J connectivity index is 2.96. The van der Waals surface area contributed by atoms with Gasteiger partial charge in [0.25, 0.3) is 0 Å². The standard InChI is InChI=1S/C18H26O6/c1-4-6-16(20)23-11-18(22,12-24-17(21)7-5-2)14-9-8-13(3)10-15(14)19/h8-10,19,22H,4-7,11-12H2,1-3H3. The van der Waals surface area contributed by atoms with Crippen molar-refractivity contribution < 1.29 is 29.3 Å². The molecule has 1 aromatic carbocycles. The maximum absolute atomic E-state index is 11.6. The van der Waals surface area contributed by atoms with Crippen LogP contribution in [0.4, 0.5) is 0 Å². The molecule has 134 valence electrons. The predicted molar refractivity (Wildman–Crippen MR) is 88.5 cm³/mol. The van der Waals surface area contributed by atoms with Gasteiger partial charge in [0.15, 0.2) is 5.60 Å². The molecule has 1 aromatic rings. The lowest BCUT2D eigenvalue weighted by Crippen LogP contribution is -2.38. The first kappa shape index (κ1) is 20.0. The van der Waals surface area contributed by atoms with Crippen LogP contribution in [0.1, 0.15) is 50.7 Å². The highest BCUT2D eigenvalue weighted by molar-refractivity contribution is 5.70. The lowest BCUT2D eigenvalue weighted by molar-refractivity contribution is -0.164. The van der Waals surface area contributed by atoms with Gasteiger partial charge in [0.1, 0.15) is 19.0 Å². The van der Waals surface area contributed by atoms with Crippen LogP contribution in [-0.2, 0) is 24.7 Å². The summed E-state index contributed by atoms with van der Waals surface area (Å²) < 4.78 is 10.2. The summed E-state index contributed by atoms with van der Waals surface area (Å²) in [5, 5.41) is 21.0. The van der Waals surface area contributed by atoms with Crippen molar-refractivity contribution in [1.82, 2.24) is 0 Å². The third-order valence-corrected chi connectivity index (χ3v) is 3.51. The van der Waals surface area contributed by atoms with Gasteiger partial charge in [0.05, 0.1) is 0 Å². The first-order chi connectivity index (χ1) is 11.3. The molecule has 0 aromatic heterocycles. The second kappa shape index (κ2) is 9.27. The highest BCUT2D eigenvalue weighted by Gasteiger charge is 2.35. The third-order valence-electron chi connectivity index (χ3n) is 3.51. The van der Waals surface area contributed by atoms with Crippen LogP contribution in [0.15, 0.2) is 18.2 Å². The van der Waals surface area contributed by atoms with Crippen LogP contribution in [0.2, 0.25) is 0 Å². The van der Waals surface area contributed by atoms with Gasteiger partial charge < -0.3 is 19.7 Å². The number of carbonyl (C=O) groups excluding carboxylic acids is 2. The fourth-order valence-electron chi connectivity index (χ4n) is 2.18. The van der Waals surface area contributed by atoms with E-state index in [2.05, 4.69) is 0 Å². The van der Waals surface area contributed by atoms with Crippen LogP contribution in [0, 0.1) is 6.92 Å². The number of ether oxygens (including phenoxy) is 2. The van der Waals surface area contributed by atoms with Gasteiger partial charge in [-0.1, -0.05) is 26.0 Å². The number of aliphatic hydroxyl groups is 1. The monoisotopic (exact) mass is 338 g/mol. The largest absolute Gasteiger partial charge is 0.508 e. The zero-order chi connectivity index (χ0) is 18.2. The van der Waals surface area contributed by atoms with Gasteiger partial charge in [-0.15, -0.1) is 0 Å². The molecule has 0 fully saturated rings. The van der Waals surface area contributed by atoms with Crippen LogP contribution >= 0.6 is 0 Å². The van der Waals surface area contributed by atoms with Gasteiger partial charge in [-0.2, -0.15) is 0 Å². The number of carbonyl (C=O) groups is 2. The Morgan fingerprint density at radius 2 is 1.54 bits per heavy atom. The summed E-state index contributed by atoms with van der Waals surface area (Å²) in [5.41, 5.74) is -0.837. The molecule has 0 spiro atoms. The van der Waals surface area contributed by atoms with Gasteiger partial charge >= 0.3 is 11.9 Å². The van der Waals surface area contributed by atoms with E-state index in [4.69, 9.17) is 9.47 Å². The molecule has 24 heavy (non-hydrogen) atoms. The van der Waals surface area contributed by atoms with E-state index in [0.717, 1.165) is 5.56 Å². The van der Waals surface area contributed by atoms with Crippen molar-refractivity contribution >= 4 is 11.9 Å². The first-order valence-corrected chi connectivity index (χ1v) is 8.16. The Morgan fingerprint density at radius 1 is 1.04 bits per heavy atom. The Kier molecular flexibility index (Phi) is 7.71. The predicted octanol–water partition coefficient (Wildman–Crippen LogP) is 2.57. The molecular weight excluding hydrogens is 312 g/mol. The molecule has 0 radical (unpaired) electrons. The Hall–Kier alpha value is -2.08. The van der Waals surface area contributed by atoms with Crippen molar-refractivity contribution in [3.63, 3.8) is 0 Å². The van der Waals surface area contributed by atoms with Crippen LogP contribution in [-0.4, -0.2) is 35.4 Å². The molecule has 2 N–H and O–H groups in total. The number of phenolic OH excluding ortho intramolecular Hbond substituents is 1. The zero-order valence-electron chi connectivity index (χ0n) is 14.5. The summed E-state index contributed by atoms with van der Waals surface area (Å²) >= 11 is 0. The van der Waals surface area contributed by atoms with E-state index in [0.29, 0.717) is 12.8 Å². The average Bonchev–Trinajstić information content (AvgIpc) is 2.51. The number of phenols is 1. The summed E-state index contributed by atoms with van der Waals surface area (Å²) in [7, 11) is 0. The quantitative estimate of drug-likeness (QED) is 0.672. The summed E-state index contributed by atoms with van der Waals surface area (Å²) in [6, 6.07) is 4.73. The summed E-state index contributed by atoms with van der Waals surface area (Å²) in [4.78, 5) is 23.2. The highest BCUT2D eigenvalue weighted by atomic mass is 16.6. The average molecular weight is 338 g/mol. The normalized spacial score (nSPS) is 11.2. The SMILES string of the molecule is CCCC(=O)OCC(O)(COC(=O)CCC)c1ccc(C)cc1O. The molecule has 0 aliphatic rings. The molecule has 6 nitrogen and oxygen atoms in total. The first-order valence-electron chi connectivity index (χ1n) is 8.16. The van der Waals surface area contributed by atoms with Gasteiger partial charge in [0.2, 0.25) is 0 Å². The van der Waals surface area contributed by atoms with E-state index < -0.39 is 30.8 Å². The van der Waals surface area contributed by atoms with E-state index in [1.807, 2.05) is 13.8 Å². The van der Waals surface area contributed by atoms with Crippen LogP contribution < -0.4 is 0 Å². The number of benzene rings is 1. The minimum atomic E-state index is -1.80. The number of aryl methyl sites for hydroxylation is 1. The third kappa shape index (κ3) is 5.85. The van der Waals surface area contributed by atoms with Gasteiger partial charge in [-0.05, 0) is 31.4 Å². The van der Waals surface area contributed by atoms with E-state index >= 15 is 0 Å². The molecule has 0 saturated carbocycles. The maximum Gasteiger partial charge on any atom is 0.305 e. The number of esters is 2. The van der Waals surface area contributed by atoms with Crippen LogP contribution in [0.5, 0.6) is 5.75 Å². The number of aromatic hydroxyl groups is 1. The van der Waals surface area contributed by atoms with Gasteiger partial charge in [0, 0.05) is 18.4 Å². The molecule has 0 atom stereocenters. The Labute approximate surface area is 142 Å². The summed E-state index contributed by atoms with van der Waals surface area (Å²) in [5.74, 6) is -1.06. The van der Waals surface area contributed by atoms with Crippen LogP contribution in [0.25, 0.3) is 0 Å². The molecular formula is C18H26O6. The second-order valence-corrected chi connectivity index (χ2v) is 5.87. The van der Waals surface area contributed by atoms with Crippen molar-refractivity contribution in [3.8, 4) is 5.75 Å². The number of hydrogen-bond acceptors (Lipinski definition) is 6. The lowest BCUT2D eigenvalue weighted by atomic mass is 9.93. The summed E-state index contributed by atoms with van der Waals surface area (Å²) in [6.45, 7) is 4.67. The maximum atomic E-state index is 11.6. The summed E-state index contributed by atoms with van der Waals surface area (Å²) in [6.07, 6.45) is 1.70. The molecule has 1 rings (SSSR count). The van der Waals surface area contributed by atoms with Gasteiger partial charge in [-0.25, -0.2) is 0 Å². The van der Waals surface area contributed by atoms with E-state index in [9.17, 15) is 19.8 Å².